The first-order chi connectivity index (χ1) is 7.66. The molecule has 0 saturated carbocycles. The predicted octanol–water partition coefficient (Wildman–Crippen LogP) is -0.895. The average molecular weight is 283 g/mol. The molecule has 0 aromatic rings. The van der Waals surface area contributed by atoms with Crippen LogP contribution in [0.3, 0.4) is 0 Å². The van der Waals surface area contributed by atoms with Crippen molar-refractivity contribution in [3.05, 3.63) is 24.1 Å². The summed E-state index contributed by atoms with van der Waals surface area (Å²) >= 11 is 0. The molecule has 0 fully saturated rings. The second kappa shape index (κ2) is 6.52. The molecule has 0 aliphatic heterocycles. The van der Waals surface area contributed by atoms with Crippen molar-refractivity contribution in [1.82, 2.24) is 5.32 Å². The van der Waals surface area contributed by atoms with Gasteiger partial charge in [-0.25, -0.2) is 8.42 Å². The Hall–Kier alpha value is -1.19. The molecule has 1 amide bonds. The van der Waals surface area contributed by atoms with Crippen molar-refractivity contribution < 1.29 is 26.2 Å². The van der Waals surface area contributed by atoms with Gasteiger partial charge in [-0.1, -0.05) is 6.08 Å². The number of carbonyl (C=O) groups is 1. The van der Waals surface area contributed by atoms with E-state index in [0.29, 0.717) is 5.41 Å². The summed E-state index contributed by atoms with van der Waals surface area (Å²) in [6, 6.07) is 0. The highest BCUT2D eigenvalue weighted by molar-refractivity contribution is 7.94. The van der Waals surface area contributed by atoms with E-state index in [-0.39, 0.29) is 12.3 Å². The SMILES string of the molecule is C=CCS(=O)(=O)C=CC(=O)NCCS(=O)(=O)O. The van der Waals surface area contributed by atoms with Gasteiger partial charge in [-0.15, -0.1) is 6.58 Å². The molecule has 0 aromatic carbocycles. The zero-order valence-corrected chi connectivity index (χ0v) is 10.5. The van der Waals surface area contributed by atoms with Crippen LogP contribution in [-0.4, -0.2) is 45.3 Å². The van der Waals surface area contributed by atoms with E-state index in [2.05, 4.69) is 11.9 Å². The molecule has 7 nitrogen and oxygen atoms in total. The van der Waals surface area contributed by atoms with Crippen LogP contribution in [0.1, 0.15) is 0 Å². The number of rotatable bonds is 7. The topological polar surface area (TPSA) is 118 Å². The van der Waals surface area contributed by atoms with Gasteiger partial charge in [0.2, 0.25) is 5.91 Å². The Kier molecular flexibility index (Phi) is 6.07. The Bertz CT molecular complexity index is 502. The number of sulfone groups is 1. The largest absolute Gasteiger partial charge is 0.351 e. The van der Waals surface area contributed by atoms with Crippen LogP contribution < -0.4 is 5.32 Å². The molecule has 0 aromatic heterocycles. The number of amides is 1. The van der Waals surface area contributed by atoms with Gasteiger partial charge in [-0.05, 0) is 0 Å². The van der Waals surface area contributed by atoms with Crippen LogP contribution in [-0.2, 0) is 24.7 Å². The second-order valence-corrected chi connectivity index (χ2v) is 6.50. The fourth-order valence-electron chi connectivity index (χ4n) is 0.747. The molecule has 9 heteroatoms. The van der Waals surface area contributed by atoms with Crippen LogP contribution >= 0.6 is 0 Å². The predicted molar refractivity (Wildman–Crippen MR) is 62.5 cm³/mol. The van der Waals surface area contributed by atoms with Gasteiger partial charge in [0, 0.05) is 18.0 Å². The fraction of sp³-hybridized carbons (Fsp3) is 0.375. The first-order valence-electron chi connectivity index (χ1n) is 4.41. The van der Waals surface area contributed by atoms with Crippen molar-refractivity contribution >= 4 is 25.9 Å². The number of nitrogens with one attached hydrogen (secondary N) is 1. The summed E-state index contributed by atoms with van der Waals surface area (Å²) < 4.78 is 51.1. The standard InChI is InChI=1S/C8H13NO6S2/c1-2-5-16(11,12)6-3-8(10)9-4-7-17(13,14)15/h2-3,6H,1,4-5,7H2,(H,9,10)(H,13,14,15). The summed E-state index contributed by atoms with van der Waals surface area (Å²) in [7, 11) is -7.65. The van der Waals surface area contributed by atoms with Crippen molar-refractivity contribution in [2.45, 2.75) is 0 Å². The number of hydrogen-bond acceptors (Lipinski definition) is 5. The molecule has 0 aliphatic rings. The summed E-state index contributed by atoms with van der Waals surface area (Å²) in [5.74, 6) is -1.69. The quantitative estimate of drug-likeness (QED) is 0.355. The van der Waals surface area contributed by atoms with Crippen LogP contribution in [0, 0.1) is 0 Å². The lowest BCUT2D eigenvalue weighted by Gasteiger charge is -1.99. The molecule has 0 aliphatic carbocycles. The molecule has 0 radical (unpaired) electrons. The summed E-state index contributed by atoms with van der Waals surface area (Å²) in [6.07, 6.45) is 1.94. The maximum atomic E-state index is 11.1. The highest BCUT2D eigenvalue weighted by atomic mass is 32.2. The van der Waals surface area contributed by atoms with E-state index < -0.39 is 31.6 Å². The Morgan fingerprint density at radius 3 is 2.35 bits per heavy atom. The summed E-state index contributed by atoms with van der Waals surface area (Å²) in [5.41, 5.74) is 0. The minimum atomic E-state index is -4.14. The molecule has 0 spiro atoms. The van der Waals surface area contributed by atoms with Crippen LogP contribution in [0.4, 0.5) is 0 Å². The van der Waals surface area contributed by atoms with E-state index in [0.717, 1.165) is 6.08 Å². The van der Waals surface area contributed by atoms with Crippen molar-refractivity contribution in [3.8, 4) is 0 Å². The maximum absolute atomic E-state index is 11.1. The van der Waals surface area contributed by atoms with Gasteiger partial charge in [-0.3, -0.25) is 9.35 Å². The van der Waals surface area contributed by atoms with Crippen molar-refractivity contribution in [1.29, 1.82) is 0 Å². The molecule has 0 saturated heterocycles. The molecule has 17 heavy (non-hydrogen) atoms. The Morgan fingerprint density at radius 2 is 1.88 bits per heavy atom. The zero-order valence-electron chi connectivity index (χ0n) is 8.87. The van der Waals surface area contributed by atoms with Gasteiger partial charge in [-0.2, -0.15) is 8.42 Å². The Labute approximate surface area is 99.9 Å². The minimum Gasteiger partial charge on any atom is -0.351 e. The smallest absolute Gasteiger partial charge is 0.266 e. The van der Waals surface area contributed by atoms with Crippen LogP contribution in [0.2, 0.25) is 0 Å². The molecule has 0 heterocycles. The number of hydrogen-bond donors (Lipinski definition) is 2. The van der Waals surface area contributed by atoms with E-state index in [4.69, 9.17) is 4.55 Å². The lowest BCUT2D eigenvalue weighted by molar-refractivity contribution is -0.116. The normalized spacial score (nSPS) is 12.5. The number of carbonyl (C=O) groups excluding carboxylic acids is 1. The minimum absolute atomic E-state index is 0.290. The zero-order chi connectivity index (χ0) is 13.5. The molecule has 2 N–H and O–H groups in total. The first-order valence-corrected chi connectivity index (χ1v) is 7.73. The highest BCUT2D eigenvalue weighted by Gasteiger charge is 2.06. The Morgan fingerprint density at radius 1 is 1.29 bits per heavy atom. The van der Waals surface area contributed by atoms with Gasteiger partial charge in [0.05, 0.1) is 11.5 Å². The van der Waals surface area contributed by atoms with E-state index >= 15 is 0 Å². The van der Waals surface area contributed by atoms with Crippen molar-refractivity contribution in [2.75, 3.05) is 18.1 Å². The fourth-order valence-corrected chi connectivity index (χ4v) is 1.88. The van der Waals surface area contributed by atoms with Crippen molar-refractivity contribution in [2.24, 2.45) is 0 Å². The van der Waals surface area contributed by atoms with Gasteiger partial charge >= 0.3 is 0 Å². The molecule has 98 valence electrons. The third-order valence-electron chi connectivity index (χ3n) is 1.44. The van der Waals surface area contributed by atoms with Gasteiger partial charge in [0.15, 0.2) is 9.84 Å². The molecule has 0 rings (SSSR count). The van der Waals surface area contributed by atoms with Gasteiger partial charge < -0.3 is 5.32 Å². The van der Waals surface area contributed by atoms with Crippen LogP contribution in [0.15, 0.2) is 24.1 Å². The van der Waals surface area contributed by atoms with Crippen LogP contribution in [0.5, 0.6) is 0 Å². The molecule has 0 unspecified atom stereocenters. The second-order valence-electron chi connectivity index (χ2n) is 3.00. The van der Waals surface area contributed by atoms with E-state index in [1.807, 2.05) is 0 Å². The van der Waals surface area contributed by atoms with Gasteiger partial charge in [0.25, 0.3) is 10.1 Å². The van der Waals surface area contributed by atoms with E-state index in [1.165, 1.54) is 6.08 Å². The third-order valence-corrected chi connectivity index (χ3v) is 3.41. The summed E-state index contributed by atoms with van der Waals surface area (Å²) in [5, 5.41) is 2.80. The first kappa shape index (κ1) is 15.8. The summed E-state index contributed by atoms with van der Waals surface area (Å²) in [4.78, 5) is 11.0. The third kappa shape index (κ3) is 9.72. The molecule has 0 bridgehead atoms. The van der Waals surface area contributed by atoms with Crippen LogP contribution in [0.25, 0.3) is 0 Å². The highest BCUT2D eigenvalue weighted by Crippen LogP contribution is 1.92. The monoisotopic (exact) mass is 283 g/mol. The van der Waals surface area contributed by atoms with Gasteiger partial charge in [0.1, 0.15) is 0 Å². The Balaban J connectivity index is 4.20. The lowest BCUT2D eigenvalue weighted by Crippen LogP contribution is -2.27. The van der Waals surface area contributed by atoms with E-state index in [9.17, 15) is 21.6 Å². The molecule has 0 atom stereocenters. The lowest BCUT2D eigenvalue weighted by atomic mass is 10.5. The molecular formula is C8H13NO6S2. The van der Waals surface area contributed by atoms with Crippen molar-refractivity contribution in [3.63, 3.8) is 0 Å². The summed E-state index contributed by atoms with van der Waals surface area (Å²) in [6.45, 7) is 2.94. The van der Waals surface area contributed by atoms with E-state index in [1.54, 1.807) is 0 Å². The average Bonchev–Trinajstić information content (AvgIpc) is 2.13. The molecular weight excluding hydrogens is 270 g/mol. The maximum Gasteiger partial charge on any atom is 0.266 e.